The molecule has 1 atom stereocenters. The van der Waals surface area contributed by atoms with Crippen LogP contribution in [0.25, 0.3) is 0 Å². The highest BCUT2D eigenvalue weighted by Crippen LogP contribution is 2.29. The monoisotopic (exact) mass is 285 g/mol. The summed E-state index contributed by atoms with van der Waals surface area (Å²) >= 11 is 0. The largest absolute Gasteiger partial charge is 0.508 e. The summed E-state index contributed by atoms with van der Waals surface area (Å²) in [5, 5.41) is 13.5. The summed E-state index contributed by atoms with van der Waals surface area (Å²) in [5.41, 5.74) is 3.06. The van der Waals surface area contributed by atoms with Crippen molar-refractivity contribution in [2.24, 2.45) is 0 Å². The van der Waals surface area contributed by atoms with Gasteiger partial charge in [-0.25, -0.2) is 0 Å². The molecule has 0 bridgehead atoms. The molecule has 0 saturated carbocycles. The predicted molar refractivity (Wildman–Crippen MR) is 86.5 cm³/mol. The minimum atomic E-state index is 0.146. The van der Waals surface area contributed by atoms with Crippen LogP contribution in [-0.2, 0) is 6.54 Å². The topological polar surface area (TPSA) is 48.4 Å². The van der Waals surface area contributed by atoms with Crippen LogP contribution in [0.5, 0.6) is 5.75 Å². The second kappa shape index (κ2) is 7.09. The lowest BCUT2D eigenvalue weighted by molar-refractivity contribution is 0.454. The van der Waals surface area contributed by atoms with Crippen LogP contribution < -0.4 is 10.2 Å². The number of nitrogens with one attached hydrogen (secondary N) is 1. The second-order valence-corrected chi connectivity index (χ2v) is 5.24. The summed E-state index contributed by atoms with van der Waals surface area (Å²) in [4.78, 5) is 6.22. The van der Waals surface area contributed by atoms with E-state index in [9.17, 15) is 5.11 Å². The van der Waals surface area contributed by atoms with Gasteiger partial charge in [0.15, 0.2) is 0 Å². The molecular formula is C17H23N3O. The Morgan fingerprint density at radius 1 is 1.33 bits per heavy atom. The second-order valence-electron chi connectivity index (χ2n) is 5.24. The predicted octanol–water partition coefficient (Wildman–Crippen LogP) is 3.09. The number of benzene rings is 1. The van der Waals surface area contributed by atoms with Crippen molar-refractivity contribution in [2.75, 3.05) is 18.5 Å². The lowest BCUT2D eigenvalue weighted by Crippen LogP contribution is -2.19. The highest BCUT2D eigenvalue weighted by molar-refractivity contribution is 5.53. The summed E-state index contributed by atoms with van der Waals surface area (Å²) in [6.07, 6.45) is 3.63. The Labute approximate surface area is 126 Å². The minimum absolute atomic E-state index is 0.146. The van der Waals surface area contributed by atoms with E-state index in [0.29, 0.717) is 5.75 Å². The maximum Gasteiger partial charge on any atom is 0.122 e. The lowest BCUT2D eigenvalue weighted by Gasteiger charge is -2.21. The molecule has 0 aliphatic rings. The van der Waals surface area contributed by atoms with Gasteiger partial charge in [-0.2, -0.15) is 0 Å². The number of aromatic hydroxyl groups is 1. The van der Waals surface area contributed by atoms with E-state index in [1.54, 1.807) is 6.20 Å². The molecule has 0 aliphatic carbocycles. The number of anilines is 1. The van der Waals surface area contributed by atoms with Crippen LogP contribution in [0.3, 0.4) is 0 Å². The van der Waals surface area contributed by atoms with Gasteiger partial charge in [0.2, 0.25) is 0 Å². The summed E-state index contributed by atoms with van der Waals surface area (Å²) in [5.74, 6) is 0.332. The van der Waals surface area contributed by atoms with Gasteiger partial charge in [0.25, 0.3) is 0 Å². The molecule has 0 aliphatic heterocycles. The summed E-state index contributed by atoms with van der Waals surface area (Å²) in [7, 11) is 2.01. The molecule has 0 saturated heterocycles. The van der Waals surface area contributed by atoms with Gasteiger partial charge in [-0.3, -0.25) is 4.98 Å². The number of nitrogens with zero attached hydrogens (tertiary/aromatic N) is 2. The van der Waals surface area contributed by atoms with Crippen LogP contribution in [0.15, 0.2) is 42.7 Å². The molecular weight excluding hydrogens is 262 g/mol. The maximum atomic E-state index is 10.2. The molecule has 2 N–H and O–H groups in total. The zero-order valence-electron chi connectivity index (χ0n) is 12.9. The van der Waals surface area contributed by atoms with E-state index >= 15 is 0 Å². The third kappa shape index (κ3) is 3.95. The van der Waals surface area contributed by atoms with Crippen LogP contribution in [0, 0.1) is 0 Å². The maximum absolute atomic E-state index is 10.2. The Morgan fingerprint density at radius 3 is 2.76 bits per heavy atom. The van der Waals surface area contributed by atoms with Crippen molar-refractivity contribution < 1.29 is 5.11 Å². The molecule has 2 rings (SSSR count). The summed E-state index contributed by atoms with van der Waals surface area (Å²) in [6.45, 7) is 5.75. The average Bonchev–Trinajstić information content (AvgIpc) is 2.48. The lowest BCUT2D eigenvalue weighted by atomic mass is 10.1. The van der Waals surface area contributed by atoms with Gasteiger partial charge in [-0.1, -0.05) is 19.1 Å². The number of rotatable bonds is 6. The molecule has 0 fully saturated rings. The summed E-state index contributed by atoms with van der Waals surface area (Å²) < 4.78 is 0. The number of phenols is 1. The number of hydrogen-bond donors (Lipinski definition) is 2. The van der Waals surface area contributed by atoms with E-state index in [0.717, 1.165) is 29.9 Å². The molecule has 0 radical (unpaired) electrons. The summed E-state index contributed by atoms with van der Waals surface area (Å²) in [6, 6.07) is 9.97. The Kier molecular flexibility index (Phi) is 5.17. The van der Waals surface area contributed by atoms with E-state index in [1.165, 1.54) is 0 Å². The van der Waals surface area contributed by atoms with Gasteiger partial charge in [0.05, 0.1) is 0 Å². The zero-order valence-corrected chi connectivity index (χ0v) is 12.9. The van der Waals surface area contributed by atoms with Gasteiger partial charge < -0.3 is 15.3 Å². The van der Waals surface area contributed by atoms with E-state index in [2.05, 4.69) is 29.0 Å². The first-order chi connectivity index (χ1) is 10.1. The van der Waals surface area contributed by atoms with Crippen molar-refractivity contribution in [3.8, 4) is 5.75 Å². The first-order valence-electron chi connectivity index (χ1n) is 7.28. The van der Waals surface area contributed by atoms with Crippen molar-refractivity contribution in [3.63, 3.8) is 0 Å². The van der Waals surface area contributed by atoms with Crippen LogP contribution in [0.4, 0.5) is 5.69 Å². The Balaban J connectivity index is 2.12. The fourth-order valence-electron chi connectivity index (χ4n) is 2.41. The van der Waals surface area contributed by atoms with Crippen molar-refractivity contribution in [1.82, 2.24) is 10.3 Å². The number of aromatic nitrogens is 1. The first-order valence-corrected chi connectivity index (χ1v) is 7.28. The molecule has 2 aromatic rings. The quantitative estimate of drug-likeness (QED) is 0.856. The van der Waals surface area contributed by atoms with Gasteiger partial charge in [-0.05, 0) is 31.2 Å². The molecule has 0 amide bonds. The molecule has 4 nitrogen and oxygen atoms in total. The van der Waals surface area contributed by atoms with Crippen LogP contribution >= 0.6 is 0 Å². The van der Waals surface area contributed by atoms with Gasteiger partial charge >= 0.3 is 0 Å². The number of hydrogen-bond acceptors (Lipinski definition) is 4. The smallest absolute Gasteiger partial charge is 0.122 e. The molecule has 1 aromatic carbocycles. The highest BCUT2D eigenvalue weighted by Gasteiger charge is 2.11. The van der Waals surface area contributed by atoms with E-state index < -0.39 is 0 Å². The van der Waals surface area contributed by atoms with Crippen LogP contribution in [0.1, 0.15) is 31.0 Å². The fraction of sp³-hybridized carbons (Fsp3) is 0.353. The molecule has 1 heterocycles. The fourth-order valence-corrected chi connectivity index (χ4v) is 2.41. The molecule has 4 heteroatoms. The SMILES string of the molecule is CCNC(C)c1ccc(N(C)Cc2cccnc2)cc1O. The minimum Gasteiger partial charge on any atom is -0.508 e. The molecule has 0 spiro atoms. The standard InChI is InChI=1S/C17H23N3O/c1-4-19-13(2)16-8-7-15(10-17(16)21)20(3)12-14-6-5-9-18-11-14/h5-11,13,19,21H,4,12H2,1-3H3. The van der Waals surface area contributed by atoms with Crippen LogP contribution in [0.2, 0.25) is 0 Å². The molecule has 1 aromatic heterocycles. The van der Waals surface area contributed by atoms with Crippen molar-refractivity contribution >= 4 is 5.69 Å². The van der Waals surface area contributed by atoms with E-state index in [-0.39, 0.29) is 6.04 Å². The van der Waals surface area contributed by atoms with Gasteiger partial charge in [0.1, 0.15) is 5.75 Å². The molecule has 112 valence electrons. The highest BCUT2D eigenvalue weighted by atomic mass is 16.3. The first kappa shape index (κ1) is 15.3. The van der Waals surface area contributed by atoms with Crippen molar-refractivity contribution in [2.45, 2.75) is 26.4 Å². The molecule has 1 unspecified atom stereocenters. The number of pyridine rings is 1. The van der Waals surface area contributed by atoms with E-state index in [4.69, 9.17) is 0 Å². The van der Waals surface area contributed by atoms with Crippen molar-refractivity contribution in [3.05, 3.63) is 53.9 Å². The van der Waals surface area contributed by atoms with Gasteiger partial charge in [0, 0.05) is 49.3 Å². The normalized spacial score (nSPS) is 12.1. The van der Waals surface area contributed by atoms with Crippen LogP contribution in [-0.4, -0.2) is 23.7 Å². The van der Waals surface area contributed by atoms with E-state index in [1.807, 2.05) is 43.6 Å². The third-order valence-corrected chi connectivity index (χ3v) is 3.57. The average molecular weight is 285 g/mol. The Morgan fingerprint density at radius 2 is 2.14 bits per heavy atom. The Bertz CT molecular complexity index is 572. The molecule has 21 heavy (non-hydrogen) atoms. The number of phenolic OH excluding ortho intramolecular Hbond substituents is 1. The zero-order chi connectivity index (χ0) is 15.2. The van der Waals surface area contributed by atoms with Gasteiger partial charge in [-0.15, -0.1) is 0 Å². The Hall–Kier alpha value is -2.07. The third-order valence-electron chi connectivity index (χ3n) is 3.57. The van der Waals surface area contributed by atoms with Crippen molar-refractivity contribution in [1.29, 1.82) is 0 Å².